The number of aromatic nitrogens is 1. The van der Waals surface area contributed by atoms with Gasteiger partial charge in [-0.2, -0.15) is 0 Å². The smallest absolute Gasteiger partial charge is 0.108 e. The Morgan fingerprint density at radius 1 is 1.38 bits per heavy atom. The number of fused-ring (bicyclic) bond motifs is 1. The van der Waals surface area contributed by atoms with Crippen LogP contribution in [0.25, 0.3) is 10.2 Å². The minimum absolute atomic E-state index is 0.665. The van der Waals surface area contributed by atoms with E-state index in [1.165, 1.54) is 29.1 Å². The number of para-hydroxylation sites is 1. The molecule has 1 aromatic heterocycles. The molecule has 1 aromatic carbocycles. The lowest BCUT2D eigenvalue weighted by molar-refractivity contribution is 0.216. The van der Waals surface area contributed by atoms with Gasteiger partial charge >= 0.3 is 0 Å². The van der Waals surface area contributed by atoms with Crippen LogP contribution in [0.1, 0.15) is 31.7 Å². The molecule has 0 spiro atoms. The fraction of sp³-hybridized carbons (Fsp3) is 0.588. The Hall–Kier alpha value is -0.970. The molecule has 0 radical (unpaired) electrons. The third kappa shape index (κ3) is 4.02. The van der Waals surface area contributed by atoms with Crippen molar-refractivity contribution in [2.75, 3.05) is 19.6 Å². The van der Waals surface area contributed by atoms with Crippen molar-refractivity contribution in [2.24, 2.45) is 5.92 Å². The van der Waals surface area contributed by atoms with Crippen molar-refractivity contribution in [1.82, 2.24) is 15.2 Å². The summed E-state index contributed by atoms with van der Waals surface area (Å²) in [5, 5.41) is 4.86. The van der Waals surface area contributed by atoms with E-state index in [2.05, 4.69) is 48.3 Å². The van der Waals surface area contributed by atoms with Gasteiger partial charge in [0.1, 0.15) is 5.01 Å². The molecule has 0 aliphatic carbocycles. The molecule has 114 valence electrons. The summed E-state index contributed by atoms with van der Waals surface area (Å²) in [6, 6.07) is 9.11. The van der Waals surface area contributed by atoms with E-state index in [1.54, 1.807) is 0 Å². The van der Waals surface area contributed by atoms with E-state index >= 15 is 0 Å². The molecule has 0 saturated carbocycles. The molecule has 0 bridgehead atoms. The Morgan fingerprint density at radius 3 is 2.95 bits per heavy atom. The van der Waals surface area contributed by atoms with Crippen LogP contribution >= 0.6 is 11.3 Å². The summed E-state index contributed by atoms with van der Waals surface area (Å²) < 4.78 is 1.30. The van der Waals surface area contributed by atoms with Gasteiger partial charge in [0.2, 0.25) is 0 Å². The van der Waals surface area contributed by atoms with Crippen LogP contribution in [0.4, 0.5) is 0 Å². The fourth-order valence-electron chi connectivity index (χ4n) is 3.12. The van der Waals surface area contributed by atoms with Crippen LogP contribution in [0.3, 0.4) is 0 Å². The highest BCUT2D eigenvalue weighted by molar-refractivity contribution is 7.18. The lowest BCUT2D eigenvalue weighted by atomic mass is 10.1. The molecular weight excluding hydrogens is 278 g/mol. The predicted octanol–water partition coefficient (Wildman–Crippen LogP) is 3.51. The predicted molar refractivity (Wildman–Crippen MR) is 90.8 cm³/mol. The first-order valence-electron chi connectivity index (χ1n) is 8.01. The number of hydrogen-bond acceptors (Lipinski definition) is 4. The molecule has 1 saturated heterocycles. The van der Waals surface area contributed by atoms with Crippen molar-refractivity contribution >= 4 is 21.6 Å². The first kappa shape index (κ1) is 14.9. The number of benzene rings is 1. The van der Waals surface area contributed by atoms with Gasteiger partial charge in [0.25, 0.3) is 0 Å². The molecule has 3 nitrogen and oxygen atoms in total. The zero-order chi connectivity index (χ0) is 14.7. The summed E-state index contributed by atoms with van der Waals surface area (Å²) in [6.07, 6.45) is 2.63. The molecule has 1 aliphatic heterocycles. The van der Waals surface area contributed by atoms with Crippen molar-refractivity contribution in [3.8, 4) is 0 Å². The van der Waals surface area contributed by atoms with Gasteiger partial charge in [-0.3, -0.25) is 4.90 Å². The van der Waals surface area contributed by atoms with Crippen LogP contribution in [0.15, 0.2) is 24.3 Å². The topological polar surface area (TPSA) is 28.2 Å². The molecule has 1 aliphatic rings. The lowest BCUT2D eigenvalue weighted by Gasteiger charge is -2.26. The standard InChI is InChI=1S/C17H25N3S/c1-13(2)10-20(11-14-6-5-9-18-14)12-17-19-15-7-3-4-8-16(15)21-17/h3-4,7-8,13-14,18H,5-6,9-12H2,1-2H3. The molecule has 1 fully saturated rings. The highest BCUT2D eigenvalue weighted by atomic mass is 32.1. The second-order valence-electron chi connectivity index (χ2n) is 6.46. The molecule has 1 atom stereocenters. The lowest BCUT2D eigenvalue weighted by Crippen LogP contribution is -2.38. The van der Waals surface area contributed by atoms with Gasteiger partial charge in [-0.1, -0.05) is 26.0 Å². The maximum absolute atomic E-state index is 4.79. The Labute approximate surface area is 131 Å². The Morgan fingerprint density at radius 2 is 2.24 bits per heavy atom. The third-order valence-corrected chi connectivity index (χ3v) is 4.98. The van der Waals surface area contributed by atoms with Gasteiger partial charge in [0.05, 0.1) is 16.8 Å². The number of hydrogen-bond donors (Lipinski definition) is 1. The monoisotopic (exact) mass is 303 g/mol. The van der Waals surface area contributed by atoms with Crippen LogP contribution < -0.4 is 5.32 Å². The molecule has 2 heterocycles. The SMILES string of the molecule is CC(C)CN(Cc1nc2ccccc2s1)CC1CCCN1. The fourth-order valence-corrected chi connectivity index (χ4v) is 4.13. The Kier molecular flexibility index (Phi) is 4.88. The molecular formula is C17H25N3S. The minimum Gasteiger partial charge on any atom is -0.313 e. The number of nitrogens with zero attached hydrogens (tertiary/aromatic N) is 2. The second kappa shape index (κ2) is 6.86. The summed E-state index contributed by atoms with van der Waals surface area (Å²) in [4.78, 5) is 7.37. The van der Waals surface area contributed by atoms with Crippen LogP contribution in [0.2, 0.25) is 0 Å². The van der Waals surface area contributed by atoms with Crippen LogP contribution in [0, 0.1) is 5.92 Å². The largest absolute Gasteiger partial charge is 0.313 e. The van der Waals surface area contributed by atoms with Gasteiger partial charge in [-0.25, -0.2) is 4.98 Å². The highest BCUT2D eigenvalue weighted by Gasteiger charge is 2.19. The molecule has 21 heavy (non-hydrogen) atoms. The number of nitrogens with one attached hydrogen (secondary N) is 1. The molecule has 1 unspecified atom stereocenters. The summed E-state index contributed by atoms with van der Waals surface area (Å²) in [7, 11) is 0. The zero-order valence-electron chi connectivity index (χ0n) is 13.0. The van der Waals surface area contributed by atoms with E-state index in [-0.39, 0.29) is 0 Å². The summed E-state index contributed by atoms with van der Waals surface area (Å²) in [6.45, 7) is 9.06. The zero-order valence-corrected chi connectivity index (χ0v) is 13.8. The average molecular weight is 303 g/mol. The minimum atomic E-state index is 0.665. The molecule has 0 amide bonds. The van der Waals surface area contributed by atoms with Crippen molar-refractivity contribution in [2.45, 2.75) is 39.3 Å². The van der Waals surface area contributed by atoms with Crippen molar-refractivity contribution < 1.29 is 0 Å². The van der Waals surface area contributed by atoms with Crippen molar-refractivity contribution in [3.63, 3.8) is 0 Å². The number of rotatable bonds is 6. The van der Waals surface area contributed by atoms with E-state index in [9.17, 15) is 0 Å². The maximum atomic E-state index is 4.79. The Balaban J connectivity index is 1.69. The van der Waals surface area contributed by atoms with Gasteiger partial charge in [-0.15, -0.1) is 11.3 Å². The van der Waals surface area contributed by atoms with E-state index in [1.807, 2.05) is 11.3 Å². The highest BCUT2D eigenvalue weighted by Crippen LogP contribution is 2.23. The van der Waals surface area contributed by atoms with E-state index in [4.69, 9.17) is 4.98 Å². The van der Waals surface area contributed by atoms with E-state index < -0.39 is 0 Å². The van der Waals surface area contributed by atoms with Crippen molar-refractivity contribution in [1.29, 1.82) is 0 Å². The molecule has 4 heteroatoms. The quantitative estimate of drug-likeness (QED) is 0.885. The molecule has 1 N–H and O–H groups in total. The molecule has 3 rings (SSSR count). The summed E-state index contributed by atoms with van der Waals surface area (Å²) >= 11 is 1.84. The average Bonchev–Trinajstić information content (AvgIpc) is 3.06. The Bertz CT molecular complexity index is 539. The summed E-state index contributed by atoms with van der Waals surface area (Å²) in [5.41, 5.74) is 1.14. The third-order valence-electron chi connectivity index (χ3n) is 3.96. The first-order valence-corrected chi connectivity index (χ1v) is 8.82. The number of thiazole rings is 1. The van der Waals surface area contributed by atoms with Gasteiger partial charge in [0.15, 0.2) is 0 Å². The van der Waals surface area contributed by atoms with E-state index in [0.29, 0.717) is 12.0 Å². The first-order chi connectivity index (χ1) is 10.2. The van der Waals surface area contributed by atoms with Gasteiger partial charge < -0.3 is 5.32 Å². The van der Waals surface area contributed by atoms with Crippen LogP contribution in [-0.4, -0.2) is 35.6 Å². The van der Waals surface area contributed by atoms with Crippen molar-refractivity contribution in [3.05, 3.63) is 29.3 Å². The van der Waals surface area contributed by atoms with Gasteiger partial charge in [0, 0.05) is 19.1 Å². The van der Waals surface area contributed by atoms with Gasteiger partial charge in [-0.05, 0) is 37.4 Å². The van der Waals surface area contributed by atoms with Crippen LogP contribution in [-0.2, 0) is 6.54 Å². The normalized spacial score (nSPS) is 19.1. The maximum Gasteiger partial charge on any atom is 0.108 e. The van der Waals surface area contributed by atoms with Crippen LogP contribution in [0.5, 0.6) is 0 Å². The second-order valence-corrected chi connectivity index (χ2v) is 7.57. The summed E-state index contributed by atoms with van der Waals surface area (Å²) in [5.74, 6) is 0.695. The van der Waals surface area contributed by atoms with E-state index in [0.717, 1.165) is 25.2 Å². The molecule has 2 aromatic rings.